The number of hydrogen-bond acceptors (Lipinski definition) is 3. The van der Waals surface area contributed by atoms with Crippen molar-refractivity contribution in [3.63, 3.8) is 0 Å². The first-order valence-electron chi connectivity index (χ1n) is 8.79. The second-order valence-corrected chi connectivity index (χ2v) is 6.53. The molecule has 24 heavy (non-hydrogen) atoms. The Bertz CT molecular complexity index is 712. The summed E-state index contributed by atoms with van der Waals surface area (Å²) in [6.45, 7) is 6.35. The maximum absolute atomic E-state index is 13.3. The fourth-order valence-corrected chi connectivity index (χ4v) is 3.55. The van der Waals surface area contributed by atoms with Crippen LogP contribution in [0.5, 0.6) is 0 Å². The molecule has 1 aromatic heterocycles. The highest BCUT2D eigenvalue weighted by molar-refractivity contribution is 5.77. The number of piperidine rings is 1. The van der Waals surface area contributed by atoms with Crippen LogP contribution in [0, 0.1) is 11.7 Å². The molecule has 0 unspecified atom stereocenters. The van der Waals surface area contributed by atoms with Crippen molar-refractivity contribution in [2.24, 2.45) is 5.92 Å². The minimum absolute atomic E-state index is 0.242. The molecule has 1 N–H and O–H groups in total. The number of carbonyl (C=O) groups excluding carboxylic acids is 1. The number of amides is 1. The van der Waals surface area contributed by atoms with Gasteiger partial charge in [0.1, 0.15) is 17.2 Å². The van der Waals surface area contributed by atoms with E-state index in [1.54, 1.807) is 6.07 Å². The van der Waals surface area contributed by atoms with Gasteiger partial charge in [0.2, 0.25) is 5.91 Å². The number of fused-ring (bicyclic) bond motifs is 1. The molecule has 0 saturated carbocycles. The molecule has 0 radical (unpaired) electrons. The summed E-state index contributed by atoms with van der Waals surface area (Å²) < 4.78 is 19.0. The van der Waals surface area contributed by atoms with Crippen LogP contribution in [0.25, 0.3) is 11.0 Å². The van der Waals surface area contributed by atoms with Crippen LogP contribution in [-0.4, -0.2) is 29.9 Å². The summed E-state index contributed by atoms with van der Waals surface area (Å²) in [6, 6.07) is 6.84. The van der Waals surface area contributed by atoms with Gasteiger partial charge >= 0.3 is 0 Å². The zero-order valence-electron chi connectivity index (χ0n) is 14.3. The van der Waals surface area contributed by atoms with Crippen LogP contribution >= 0.6 is 0 Å². The predicted molar refractivity (Wildman–Crippen MR) is 92.1 cm³/mol. The average molecular weight is 332 g/mol. The number of nitrogens with one attached hydrogen (secondary N) is 1. The molecule has 1 aromatic carbocycles. The quantitative estimate of drug-likeness (QED) is 0.908. The molecule has 1 saturated heterocycles. The molecule has 0 bridgehead atoms. The van der Waals surface area contributed by atoms with Gasteiger partial charge in [-0.1, -0.05) is 20.3 Å². The van der Waals surface area contributed by atoms with Crippen molar-refractivity contribution >= 4 is 16.9 Å². The summed E-state index contributed by atoms with van der Waals surface area (Å²) in [7, 11) is 0. The second kappa shape index (κ2) is 7.34. The van der Waals surface area contributed by atoms with Crippen LogP contribution in [0.3, 0.4) is 0 Å². The lowest BCUT2D eigenvalue weighted by Crippen LogP contribution is -2.50. The average Bonchev–Trinajstić information content (AvgIpc) is 3.01. The van der Waals surface area contributed by atoms with E-state index >= 15 is 0 Å². The summed E-state index contributed by atoms with van der Waals surface area (Å²) in [5.41, 5.74) is 0.712. The molecule has 130 valence electrons. The maximum Gasteiger partial charge on any atom is 0.222 e. The molecular formula is C19H25FN2O2. The summed E-state index contributed by atoms with van der Waals surface area (Å²) in [6.07, 6.45) is 2.57. The van der Waals surface area contributed by atoms with Crippen LogP contribution in [0.4, 0.5) is 4.39 Å². The zero-order valence-corrected chi connectivity index (χ0v) is 14.3. The fourth-order valence-electron chi connectivity index (χ4n) is 3.55. The number of halogens is 1. The third-order valence-corrected chi connectivity index (χ3v) is 4.98. The lowest BCUT2D eigenvalue weighted by molar-refractivity contribution is -0.133. The SMILES string of the molecule is CCC(=O)N1CC[C@H](NCc2cc3cc(F)ccc3o2)[C@@H](CC)C1. The Kier molecular flexibility index (Phi) is 5.19. The smallest absolute Gasteiger partial charge is 0.222 e. The van der Waals surface area contributed by atoms with Crippen molar-refractivity contribution in [3.05, 3.63) is 35.8 Å². The molecule has 1 amide bonds. The van der Waals surface area contributed by atoms with Crippen molar-refractivity contribution < 1.29 is 13.6 Å². The molecule has 1 aliphatic rings. The summed E-state index contributed by atoms with van der Waals surface area (Å²) in [5, 5.41) is 4.36. The second-order valence-electron chi connectivity index (χ2n) is 6.53. The molecule has 0 spiro atoms. The normalized spacial score (nSPS) is 21.4. The van der Waals surface area contributed by atoms with E-state index < -0.39 is 0 Å². The van der Waals surface area contributed by atoms with Crippen LogP contribution in [0.15, 0.2) is 28.7 Å². The molecule has 4 nitrogen and oxygen atoms in total. The summed E-state index contributed by atoms with van der Waals surface area (Å²) in [4.78, 5) is 13.9. The zero-order chi connectivity index (χ0) is 17.1. The van der Waals surface area contributed by atoms with Crippen LogP contribution in [0.2, 0.25) is 0 Å². The van der Waals surface area contributed by atoms with Gasteiger partial charge in [-0.2, -0.15) is 0 Å². The standard InChI is InChI=1S/C19H25FN2O2/c1-3-13-12-22(19(23)4-2)8-7-17(13)21-11-16-10-14-9-15(20)5-6-18(14)24-16/h5-6,9-10,13,17,21H,3-4,7-8,11-12H2,1-2H3/t13-,17-/m0/s1. The molecule has 5 heteroatoms. The van der Waals surface area contributed by atoms with Gasteiger partial charge in [-0.3, -0.25) is 4.79 Å². The monoisotopic (exact) mass is 332 g/mol. The van der Waals surface area contributed by atoms with E-state index in [1.807, 2.05) is 17.9 Å². The van der Waals surface area contributed by atoms with Gasteiger partial charge in [0.05, 0.1) is 6.54 Å². The van der Waals surface area contributed by atoms with E-state index in [-0.39, 0.29) is 11.7 Å². The minimum atomic E-state index is -0.248. The van der Waals surface area contributed by atoms with Crippen molar-refractivity contribution in [3.8, 4) is 0 Å². The number of nitrogens with zero attached hydrogens (tertiary/aromatic N) is 1. The van der Waals surface area contributed by atoms with E-state index in [0.717, 1.165) is 37.1 Å². The highest BCUT2D eigenvalue weighted by Gasteiger charge is 2.29. The Morgan fingerprint density at radius 1 is 1.38 bits per heavy atom. The highest BCUT2D eigenvalue weighted by atomic mass is 19.1. The van der Waals surface area contributed by atoms with E-state index in [1.165, 1.54) is 12.1 Å². The molecular weight excluding hydrogens is 307 g/mol. The first-order valence-corrected chi connectivity index (χ1v) is 8.79. The number of furan rings is 1. The Balaban J connectivity index is 1.61. The molecule has 2 heterocycles. The summed E-state index contributed by atoms with van der Waals surface area (Å²) >= 11 is 0. The highest BCUT2D eigenvalue weighted by Crippen LogP contribution is 2.23. The lowest BCUT2D eigenvalue weighted by atomic mass is 9.89. The van der Waals surface area contributed by atoms with Crippen LogP contribution in [-0.2, 0) is 11.3 Å². The first kappa shape index (κ1) is 17.0. The molecule has 2 atom stereocenters. The largest absolute Gasteiger partial charge is 0.460 e. The third kappa shape index (κ3) is 3.61. The number of benzene rings is 1. The Labute approximate surface area is 142 Å². The molecule has 1 fully saturated rings. The molecule has 1 aliphatic heterocycles. The number of hydrogen-bond donors (Lipinski definition) is 1. The van der Waals surface area contributed by atoms with Crippen molar-refractivity contribution in [1.82, 2.24) is 10.2 Å². The first-order chi connectivity index (χ1) is 11.6. The Morgan fingerprint density at radius 3 is 2.96 bits per heavy atom. The van der Waals surface area contributed by atoms with Gasteiger partial charge in [0.15, 0.2) is 0 Å². The van der Waals surface area contributed by atoms with Gasteiger partial charge in [0, 0.05) is 30.9 Å². The molecule has 0 aliphatic carbocycles. The van der Waals surface area contributed by atoms with Crippen LogP contribution < -0.4 is 5.32 Å². The van der Waals surface area contributed by atoms with E-state index in [0.29, 0.717) is 30.5 Å². The minimum Gasteiger partial charge on any atom is -0.460 e. The number of likely N-dealkylation sites (tertiary alicyclic amines) is 1. The van der Waals surface area contributed by atoms with Crippen LogP contribution in [0.1, 0.15) is 38.9 Å². The molecule has 3 rings (SSSR count). The van der Waals surface area contributed by atoms with Gasteiger partial charge in [-0.05, 0) is 36.6 Å². The van der Waals surface area contributed by atoms with Gasteiger partial charge in [0.25, 0.3) is 0 Å². The topological polar surface area (TPSA) is 45.5 Å². The van der Waals surface area contributed by atoms with Gasteiger partial charge < -0.3 is 14.6 Å². The number of rotatable bonds is 5. The third-order valence-electron chi connectivity index (χ3n) is 4.98. The van der Waals surface area contributed by atoms with Crippen molar-refractivity contribution in [2.45, 2.75) is 45.7 Å². The van der Waals surface area contributed by atoms with Gasteiger partial charge in [-0.15, -0.1) is 0 Å². The predicted octanol–water partition coefficient (Wildman–Crippen LogP) is 3.70. The van der Waals surface area contributed by atoms with E-state index in [2.05, 4.69) is 12.2 Å². The van der Waals surface area contributed by atoms with E-state index in [4.69, 9.17) is 4.42 Å². The summed E-state index contributed by atoms with van der Waals surface area (Å²) in [5.74, 6) is 1.27. The fraction of sp³-hybridized carbons (Fsp3) is 0.526. The lowest BCUT2D eigenvalue weighted by Gasteiger charge is -2.38. The maximum atomic E-state index is 13.3. The van der Waals surface area contributed by atoms with Crippen molar-refractivity contribution in [1.29, 1.82) is 0 Å². The van der Waals surface area contributed by atoms with Crippen molar-refractivity contribution in [2.75, 3.05) is 13.1 Å². The van der Waals surface area contributed by atoms with Gasteiger partial charge in [-0.25, -0.2) is 4.39 Å². The Morgan fingerprint density at radius 2 is 2.21 bits per heavy atom. The van der Waals surface area contributed by atoms with E-state index in [9.17, 15) is 9.18 Å². The Hall–Kier alpha value is -1.88. The number of carbonyl (C=O) groups is 1. The molecule has 2 aromatic rings.